The van der Waals surface area contributed by atoms with Crippen molar-refractivity contribution in [1.82, 2.24) is 9.78 Å². The summed E-state index contributed by atoms with van der Waals surface area (Å²) < 4.78 is 1.73. The Morgan fingerprint density at radius 3 is 2.50 bits per heavy atom. The van der Waals surface area contributed by atoms with Crippen molar-refractivity contribution in [2.45, 2.75) is 18.6 Å². The summed E-state index contributed by atoms with van der Waals surface area (Å²) in [5.41, 5.74) is 6.93. The summed E-state index contributed by atoms with van der Waals surface area (Å²) in [5, 5.41) is 23.7. The first kappa shape index (κ1) is 12.8. The van der Waals surface area contributed by atoms with Gasteiger partial charge in [-0.15, -0.1) is 0 Å². The Morgan fingerprint density at radius 2 is 1.94 bits per heavy atom. The Hall–Kier alpha value is -1.69. The van der Waals surface area contributed by atoms with Gasteiger partial charge in [-0.2, -0.15) is 5.10 Å². The number of rotatable bonds is 5. The molecule has 1 heterocycles. The van der Waals surface area contributed by atoms with E-state index in [1.165, 1.54) is 0 Å². The summed E-state index contributed by atoms with van der Waals surface area (Å²) >= 11 is 0. The molecule has 5 heteroatoms. The third-order valence-corrected chi connectivity index (χ3v) is 2.83. The van der Waals surface area contributed by atoms with E-state index in [1.807, 2.05) is 24.4 Å². The van der Waals surface area contributed by atoms with Gasteiger partial charge < -0.3 is 15.9 Å². The molecule has 0 radical (unpaired) electrons. The molecule has 2 unspecified atom stereocenters. The molecule has 0 saturated heterocycles. The van der Waals surface area contributed by atoms with E-state index < -0.39 is 12.2 Å². The molecule has 96 valence electrons. The maximum absolute atomic E-state index is 9.91. The van der Waals surface area contributed by atoms with Gasteiger partial charge in [-0.3, -0.25) is 0 Å². The molecular formula is C13H17N3O2. The number of nitrogens with two attached hydrogens (primary N) is 1. The second-order valence-electron chi connectivity index (χ2n) is 4.13. The largest absolute Gasteiger partial charge is 0.390 e. The van der Waals surface area contributed by atoms with Crippen molar-refractivity contribution in [3.05, 3.63) is 48.3 Å². The summed E-state index contributed by atoms with van der Waals surface area (Å²) in [7, 11) is 0. The van der Waals surface area contributed by atoms with Gasteiger partial charge in [0, 0.05) is 12.4 Å². The molecule has 0 aliphatic heterocycles. The van der Waals surface area contributed by atoms with Crippen LogP contribution in [0.2, 0.25) is 0 Å². The smallest absolute Gasteiger partial charge is 0.105 e. The molecule has 2 atom stereocenters. The van der Waals surface area contributed by atoms with Crippen LogP contribution in [0.1, 0.15) is 18.1 Å². The molecule has 1 aromatic carbocycles. The summed E-state index contributed by atoms with van der Waals surface area (Å²) in [6.07, 6.45) is 2.19. The molecule has 0 aliphatic rings. The maximum Gasteiger partial charge on any atom is 0.105 e. The van der Waals surface area contributed by atoms with Crippen LogP contribution in [0, 0.1) is 0 Å². The van der Waals surface area contributed by atoms with E-state index in [0.29, 0.717) is 18.5 Å². The minimum Gasteiger partial charge on any atom is -0.390 e. The van der Waals surface area contributed by atoms with E-state index in [0.717, 1.165) is 5.69 Å². The number of aliphatic hydroxyl groups is 2. The van der Waals surface area contributed by atoms with Crippen LogP contribution in [-0.4, -0.2) is 32.6 Å². The fourth-order valence-electron chi connectivity index (χ4n) is 1.80. The van der Waals surface area contributed by atoms with Crippen molar-refractivity contribution in [2.75, 3.05) is 6.54 Å². The lowest BCUT2D eigenvalue weighted by Crippen LogP contribution is -2.21. The van der Waals surface area contributed by atoms with Crippen molar-refractivity contribution in [3.8, 4) is 5.69 Å². The fraction of sp³-hybridized carbons (Fsp3) is 0.308. The third kappa shape index (κ3) is 2.76. The number of hydrogen-bond donors (Lipinski definition) is 3. The molecule has 0 spiro atoms. The Labute approximate surface area is 105 Å². The van der Waals surface area contributed by atoms with Gasteiger partial charge in [-0.1, -0.05) is 12.1 Å². The van der Waals surface area contributed by atoms with Crippen LogP contribution in [0.25, 0.3) is 5.69 Å². The normalized spacial score (nSPS) is 14.4. The van der Waals surface area contributed by atoms with Crippen LogP contribution in [0.4, 0.5) is 0 Å². The van der Waals surface area contributed by atoms with Crippen molar-refractivity contribution in [1.29, 1.82) is 0 Å². The average molecular weight is 247 g/mol. The molecule has 1 aromatic heterocycles. The van der Waals surface area contributed by atoms with Gasteiger partial charge >= 0.3 is 0 Å². The van der Waals surface area contributed by atoms with Gasteiger partial charge in [-0.25, -0.2) is 4.68 Å². The zero-order valence-electron chi connectivity index (χ0n) is 9.98. The number of nitrogens with zero attached hydrogens (tertiary/aromatic N) is 2. The van der Waals surface area contributed by atoms with E-state index in [2.05, 4.69) is 5.10 Å². The van der Waals surface area contributed by atoms with Crippen LogP contribution in [-0.2, 0) is 0 Å². The van der Waals surface area contributed by atoms with Crippen molar-refractivity contribution < 1.29 is 10.2 Å². The van der Waals surface area contributed by atoms with Gasteiger partial charge in [-0.05, 0) is 36.7 Å². The Bertz CT molecular complexity index is 467. The van der Waals surface area contributed by atoms with E-state index in [9.17, 15) is 10.2 Å². The fourth-order valence-corrected chi connectivity index (χ4v) is 1.80. The van der Waals surface area contributed by atoms with Crippen molar-refractivity contribution in [2.24, 2.45) is 5.73 Å². The highest BCUT2D eigenvalue weighted by molar-refractivity contribution is 5.34. The van der Waals surface area contributed by atoms with Gasteiger partial charge in [0.1, 0.15) is 6.10 Å². The molecule has 5 nitrogen and oxygen atoms in total. The predicted molar refractivity (Wildman–Crippen MR) is 68.2 cm³/mol. The number of aromatic nitrogens is 2. The zero-order chi connectivity index (χ0) is 13.0. The number of aliphatic hydroxyl groups excluding tert-OH is 2. The van der Waals surface area contributed by atoms with Crippen LogP contribution in [0.15, 0.2) is 42.7 Å². The summed E-state index contributed by atoms with van der Waals surface area (Å²) in [4.78, 5) is 0. The SMILES string of the molecule is NCCC(O)C(O)c1ccc(-n2cccn2)cc1. The molecule has 0 fully saturated rings. The molecule has 2 aromatic rings. The highest BCUT2D eigenvalue weighted by Gasteiger charge is 2.17. The molecule has 18 heavy (non-hydrogen) atoms. The van der Waals surface area contributed by atoms with E-state index in [4.69, 9.17) is 5.73 Å². The summed E-state index contributed by atoms with van der Waals surface area (Å²) in [6, 6.07) is 9.10. The molecular weight excluding hydrogens is 230 g/mol. The molecule has 0 saturated carbocycles. The molecule has 0 bridgehead atoms. The number of hydrogen-bond acceptors (Lipinski definition) is 4. The average Bonchev–Trinajstić information content (AvgIpc) is 2.92. The molecule has 0 aliphatic carbocycles. The van der Waals surface area contributed by atoms with Crippen LogP contribution in [0.5, 0.6) is 0 Å². The topological polar surface area (TPSA) is 84.3 Å². The summed E-state index contributed by atoms with van der Waals surface area (Å²) in [6.45, 7) is 0.351. The monoisotopic (exact) mass is 247 g/mol. The lowest BCUT2D eigenvalue weighted by Gasteiger charge is -2.17. The van der Waals surface area contributed by atoms with Crippen LogP contribution >= 0.6 is 0 Å². The van der Waals surface area contributed by atoms with Crippen molar-refractivity contribution in [3.63, 3.8) is 0 Å². The third-order valence-electron chi connectivity index (χ3n) is 2.83. The Balaban J connectivity index is 2.12. The predicted octanol–water partition coefficient (Wildman–Crippen LogP) is 0.615. The molecule has 0 amide bonds. The first-order valence-corrected chi connectivity index (χ1v) is 5.88. The Kier molecular flexibility index (Phi) is 4.09. The minimum absolute atomic E-state index is 0.351. The first-order chi connectivity index (χ1) is 8.72. The van der Waals surface area contributed by atoms with E-state index >= 15 is 0 Å². The van der Waals surface area contributed by atoms with E-state index in [-0.39, 0.29) is 0 Å². The lowest BCUT2D eigenvalue weighted by molar-refractivity contribution is 0.0150. The first-order valence-electron chi connectivity index (χ1n) is 5.88. The highest BCUT2D eigenvalue weighted by Crippen LogP contribution is 2.20. The zero-order valence-corrected chi connectivity index (χ0v) is 9.98. The van der Waals surface area contributed by atoms with Gasteiger partial charge in [0.15, 0.2) is 0 Å². The Morgan fingerprint density at radius 1 is 1.22 bits per heavy atom. The van der Waals surface area contributed by atoms with Crippen LogP contribution < -0.4 is 5.73 Å². The second kappa shape index (κ2) is 5.77. The van der Waals surface area contributed by atoms with Gasteiger partial charge in [0.25, 0.3) is 0 Å². The maximum atomic E-state index is 9.91. The van der Waals surface area contributed by atoms with E-state index in [1.54, 1.807) is 23.0 Å². The van der Waals surface area contributed by atoms with Gasteiger partial charge in [0.2, 0.25) is 0 Å². The van der Waals surface area contributed by atoms with Crippen molar-refractivity contribution >= 4 is 0 Å². The van der Waals surface area contributed by atoms with Gasteiger partial charge in [0.05, 0.1) is 11.8 Å². The lowest BCUT2D eigenvalue weighted by atomic mass is 10.0. The standard InChI is InChI=1S/C13H17N3O2/c14-7-6-12(17)13(18)10-2-4-11(5-3-10)16-9-1-8-15-16/h1-5,8-9,12-13,17-18H,6-7,14H2. The number of benzene rings is 1. The highest BCUT2D eigenvalue weighted by atomic mass is 16.3. The molecule has 2 rings (SSSR count). The second-order valence-corrected chi connectivity index (χ2v) is 4.13. The summed E-state index contributed by atoms with van der Waals surface area (Å²) in [5.74, 6) is 0. The molecule has 4 N–H and O–H groups in total. The minimum atomic E-state index is -0.903. The quantitative estimate of drug-likeness (QED) is 0.723. The van der Waals surface area contributed by atoms with Crippen LogP contribution in [0.3, 0.4) is 0 Å².